The Bertz CT molecular complexity index is 580. The lowest BCUT2D eigenvalue weighted by Gasteiger charge is -2.23. The Morgan fingerprint density at radius 3 is 2.67 bits per heavy atom. The maximum Gasteiger partial charge on any atom is 0.273 e. The average molecular weight is 308 g/mol. The van der Waals surface area contributed by atoms with E-state index in [1.807, 2.05) is 30.3 Å². The molecule has 1 aromatic heterocycles. The van der Waals surface area contributed by atoms with Crippen molar-refractivity contribution < 1.29 is 4.79 Å². The van der Waals surface area contributed by atoms with E-state index in [2.05, 4.69) is 20.9 Å². The Hall–Kier alpha value is -1.92. The molecule has 1 aliphatic heterocycles. The lowest BCUT2D eigenvalue weighted by atomic mass is 10.1. The normalized spacial score (nSPS) is 15.2. The molecular weight excluding hydrogens is 290 g/mol. The molecule has 0 saturated carbocycles. The van der Waals surface area contributed by atoms with Crippen molar-refractivity contribution in [3.63, 3.8) is 0 Å². The van der Waals surface area contributed by atoms with Crippen LogP contribution in [-0.4, -0.2) is 40.0 Å². The van der Waals surface area contributed by atoms with Crippen molar-refractivity contribution in [2.24, 2.45) is 0 Å². The second-order valence-corrected chi connectivity index (χ2v) is 4.88. The van der Waals surface area contributed by atoms with E-state index in [4.69, 9.17) is 0 Å². The van der Waals surface area contributed by atoms with E-state index in [1.54, 1.807) is 10.9 Å². The summed E-state index contributed by atoms with van der Waals surface area (Å²) in [5.74, 6) is -0.154. The monoisotopic (exact) mass is 307 g/mol. The van der Waals surface area contributed by atoms with Crippen molar-refractivity contribution in [2.45, 2.75) is 18.9 Å². The number of piperidine rings is 1. The fourth-order valence-corrected chi connectivity index (χ4v) is 2.30. The quantitative estimate of drug-likeness (QED) is 0.893. The first-order valence-corrected chi connectivity index (χ1v) is 6.82. The van der Waals surface area contributed by atoms with Crippen LogP contribution in [0.25, 0.3) is 5.69 Å². The van der Waals surface area contributed by atoms with Gasteiger partial charge in [-0.05, 0) is 38.1 Å². The van der Waals surface area contributed by atoms with Gasteiger partial charge in [0, 0.05) is 6.04 Å². The second kappa shape index (κ2) is 7.19. The first-order chi connectivity index (χ1) is 9.83. The molecule has 1 saturated heterocycles. The summed E-state index contributed by atoms with van der Waals surface area (Å²) in [6, 6.07) is 9.85. The van der Waals surface area contributed by atoms with E-state index in [1.165, 1.54) is 0 Å². The highest BCUT2D eigenvalue weighted by Crippen LogP contribution is 2.07. The van der Waals surface area contributed by atoms with Crippen molar-refractivity contribution in [3.8, 4) is 5.69 Å². The zero-order valence-corrected chi connectivity index (χ0v) is 12.3. The van der Waals surface area contributed by atoms with Gasteiger partial charge in [-0.2, -0.15) is 0 Å². The molecule has 1 fully saturated rings. The number of carbonyl (C=O) groups excluding carboxylic acids is 1. The standard InChI is InChI=1S/C14H17N5O.ClH/c20-14(16-11-6-8-15-9-7-11)13-10-19(18-17-13)12-4-2-1-3-5-12;/h1-5,10-11,15H,6-9H2,(H,16,20);1H. The number of nitrogens with one attached hydrogen (secondary N) is 2. The number of benzene rings is 1. The molecule has 112 valence electrons. The van der Waals surface area contributed by atoms with Gasteiger partial charge in [-0.25, -0.2) is 4.68 Å². The molecular formula is C14H18ClN5O. The van der Waals surface area contributed by atoms with Crippen LogP contribution < -0.4 is 10.6 Å². The average Bonchev–Trinajstić information content (AvgIpc) is 2.99. The van der Waals surface area contributed by atoms with Crippen LogP contribution in [0.5, 0.6) is 0 Å². The van der Waals surface area contributed by atoms with Gasteiger partial charge in [0.15, 0.2) is 5.69 Å². The van der Waals surface area contributed by atoms with Crippen LogP contribution >= 0.6 is 12.4 Å². The number of hydrogen-bond acceptors (Lipinski definition) is 4. The fraction of sp³-hybridized carbons (Fsp3) is 0.357. The molecule has 3 rings (SSSR count). The minimum Gasteiger partial charge on any atom is -0.348 e. The van der Waals surface area contributed by atoms with Gasteiger partial charge in [0.1, 0.15) is 0 Å². The molecule has 1 amide bonds. The molecule has 2 N–H and O–H groups in total. The zero-order chi connectivity index (χ0) is 13.8. The lowest BCUT2D eigenvalue weighted by Crippen LogP contribution is -2.42. The summed E-state index contributed by atoms with van der Waals surface area (Å²) in [4.78, 5) is 12.1. The van der Waals surface area contributed by atoms with E-state index in [9.17, 15) is 4.79 Å². The van der Waals surface area contributed by atoms with Crippen molar-refractivity contribution in [1.29, 1.82) is 0 Å². The Morgan fingerprint density at radius 1 is 1.24 bits per heavy atom. The minimum absolute atomic E-state index is 0. The van der Waals surface area contributed by atoms with E-state index >= 15 is 0 Å². The molecule has 0 bridgehead atoms. The minimum atomic E-state index is -0.154. The fourth-order valence-electron chi connectivity index (χ4n) is 2.30. The maximum absolute atomic E-state index is 12.1. The Labute approximate surface area is 129 Å². The van der Waals surface area contributed by atoms with Crippen molar-refractivity contribution in [3.05, 3.63) is 42.2 Å². The van der Waals surface area contributed by atoms with Crippen LogP contribution in [0.15, 0.2) is 36.5 Å². The van der Waals surface area contributed by atoms with Crippen LogP contribution in [0.3, 0.4) is 0 Å². The molecule has 0 spiro atoms. The third kappa shape index (κ3) is 3.80. The topological polar surface area (TPSA) is 71.8 Å². The van der Waals surface area contributed by atoms with Crippen LogP contribution in [0, 0.1) is 0 Å². The van der Waals surface area contributed by atoms with Crippen molar-refractivity contribution in [2.75, 3.05) is 13.1 Å². The van der Waals surface area contributed by atoms with E-state index < -0.39 is 0 Å². The molecule has 1 aliphatic rings. The molecule has 2 heterocycles. The molecule has 6 nitrogen and oxygen atoms in total. The number of halogens is 1. The Morgan fingerprint density at radius 2 is 1.95 bits per heavy atom. The van der Waals surface area contributed by atoms with Gasteiger partial charge in [-0.15, -0.1) is 17.5 Å². The largest absolute Gasteiger partial charge is 0.348 e. The number of hydrogen-bond donors (Lipinski definition) is 2. The van der Waals surface area contributed by atoms with E-state index in [-0.39, 0.29) is 24.4 Å². The highest BCUT2D eigenvalue weighted by atomic mass is 35.5. The second-order valence-electron chi connectivity index (χ2n) is 4.88. The molecule has 2 aromatic rings. The molecule has 21 heavy (non-hydrogen) atoms. The summed E-state index contributed by atoms with van der Waals surface area (Å²) >= 11 is 0. The Kier molecular flexibility index (Phi) is 5.30. The molecule has 0 radical (unpaired) electrons. The van der Waals surface area contributed by atoms with Crippen molar-refractivity contribution >= 4 is 18.3 Å². The third-order valence-corrected chi connectivity index (χ3v) is 3.42. The number of aromatic nitrogens is 3. The molecule has 7 heteroatoms. The van der Waals surface area contributed by atoms with E-state index in [0.717, 1.165) is 31.6 Å². The predicted octanol–water partition coefficient (Wildman–Crippen LogP) is 1.17. The number of amides is 1. The number of rotatable bonds is 3. The summed E-state index contributed by atoms with van der Waals surface area (Å²) in [7, 11) is 0. The first kappa shape index (κ1) is 15.5. The molecule has 0 aliphatic carbocycles. The molecule has 1 aromatic carbocycles. The highest BCUT2D eigenvalue weighted by Gasteiger charge is 2.18. The van der Waals surface area contributed by atoms with Crippen LogP contribution in [0.4, 0.5) is 0 Å². The SMILES string of the molecule is Cl.O=C(NC1CCNCC1)c1cn(-c2ccccc2)nn1. The number of carbonyl (C=O) groups is 1. The van der Waals surface area contributed by atoms with Gasteiger partial charge in [-0.3, -0.25) is 4.79 Å². The first-order valence-electron chi connectivity index (χ1n) is 6.82. The highest BCUT2D eigenvalue weighted by molar-refractivity contribution is 5.92. The lowest BCUT2D eigenvalue weighted by molar-refractivity contribution is 0.0924. The summed E-state index contributed by atoms with van der Waals surface area (Å²) in [6.45, 7) is 1.89. The van der Waals surface area contributed by atoms with Crippen LogP contribution in [-0.2, 0) is 0 Å². The predicted molar refractivity (Wildman–Crippen MR) is 82.0 cm³/mol. The smallest absolute Gasteiger partial charge is 0.273 e. The summed E-state index contributed by atoms with van der Waals surface area (Å²) in [6.07, 6.45) is 3.57. The van der Waals surface area contributed by atoms with Crippen LogP contribution in [0.2, 0.25) is 0 Å². The third-order valence-electron chi connectivity index (χ3n) is 3.42. The summed E-state index contributed by atoms with van der Waals surface area (Å²) in [5.41, 5.74) is 1.24. The number of para-hydroxylation sites is 1. The van der Waals surface area contributed by atoms with Gasteiger partial charge in [0.05, 0.1) is 11.9 Å². The molecule has 0 atom stereocenters. The van der Waals surface area contributed by atoms with Gasteiger partial charge in [0.25, 0.3) is 5.91 Å². The van der Waals surface area contributed by atoms with Crippen LogP contribution in [0.1, 0.15) is 23.3 Å². The van der Waals surface area contributed by atoms with Gasteiger partial charge in [-0.1, -0.05) is 23.4 Å². The Balaban J connectivity index is 0.00000161. The van der Waals surface area contributed by atoms with E-state index in [0.29, 0.717) is 5.69 Å². The van der Waals surface area contributed by atoms with Gasteiger partial charge < -0.3 is 10.6 Å². The maximum atomic E-state index is 12.1. The van der Waals surface area contributed by atoms with Gasteiger partial charge in [0.2, 0.25) is 0 Å². The van der Waals surface area contributed by atoms with Crippen molar-refractivity contribution in [1.82, 2.24) is 25.6 Å². The summed E-state index contributed by atoms with van der Waals surface area (Å²) in [5, 5.41) is 14.2. The number of nitrogens with zero attached hydrogens (tertiary/aromatic N) is 3. The molecule has 0 unspecified atom stereocenters. The zero-order valence-electron chi connectivity index (χ0n) is 11.5. The van der Waals surface area contributed by atoms with Gasteiger partial charge >= 0.3 is 0 Å². The summed E-state index contributed by atoms with van der Waals surface area (Å²) < 4.78 is 1.61.